The number of hydrogen-bond acceptors (Lipinski definition) is 1. The highest BCUT2D eigenvalue weighted by atomic mass is 19.1. The lowest BCUT2D eigenvalue weighted by Crippen LogP contribution is -1.95. The van der Waals surface area contributed by atoms with Crippen molar-refractivity contribution in [1.29, 1.82) is 5.26 Å². The molecule has 0 N–H and O–H groups in total. The third kappa shape index (κ3) is 1.37. The van der Waals surface area contributed by atoms with Gasteiger partial charge in [-0.05, 0) is 30.4 Å². The molecule has 1 aromatic rings. The van der Waals surface area contributed by atoms with Crippen LogP contribution in [-0.4, -0.2) is 0 Å². The molecule has 14 heavy (non-hydrogen) atoms. The fraction of sp³-hybridized carbons (Fsp3) is 0.364. The smallest absolute Gasteiger partial charge is 0.130 e. The molecule has 0 unspecified atom stereocenters. The Labute approximate surface area is 81.0 Å². The Morgan fingerprint density at radius 2 is 1.86 bits per heavy atom. The monoisotopic (exact) mass is 193 g/mol. The van der Waals surface area contributed by atoms with E-state index in [1.165, 1.54) is 0 Å². The van der Waals surface area contributed by atoms with Gasteiger partial charge in [0, 0.05) is 5.56 Å². The van der Waals surface area contributed by atoms with Gasteiger partial charge < -0.3 is 0 Å². The topological polar surface area (TPSA) is 23.8 Å². The molecule has 0 heterocycles. The minimum Gasteiger partial charge on any atom is -0.207 e. The van der Waals surface area contributed by atoms with E-state index in [2.05, 4.69) is 0 Å². The van der Waals surface area contributed by atoms with Gasteiger partial charge in [0.25, 0.3) is 0 Å². The molecule has 2 atom stereocenters. The van der Waals surface area contributed by atoms with Gasteiger partial charge in [0.2, 0.25) is 0 Å². The Morgan fingerprint density at radius 3 is 2.21 bits per heavy atom. The second kappa shape index (κ2) is 3.06. The van der Waals surface area contributed by atoms with Crippen LogP contribution in [0.5, 0.6) is 0 Å². The molecule has 2 rings (SSSR count). The van der Waals surface area contributed by atoms with Gasteiger partial charge in [-0.2, -0.15) is 5.26 Å². The zero-order valence-electron chi connectivity index (χ0n) is 7.72. The third-order valence-electron chi connectivity index (χ3n) is 2.69. The van der Waals surface area contributed by atoms with E-state index in [-0.39, 0.29) is 17.0 Å². The molecule has 1 aliphatic carbocycles. The maximum atomic E-state index is 13.4. The number of nitriles is 1. The highest BCUT2D eigenvalue weighted by Crippen LogP contribution is 2.48. The number of nitrogens with zero attached hydrogens (tertiary/aromatic N) is 1. The number of hydrogen-bond donors (Lipinski definition) is 0. The lowest BCUT2D eigenvalue weighted by molar-refractivity contribution is 0.552. The van der Waals surface area contributed by atoms with Crippen LogP contribution < -0.4 is 0 Å². The predicted octanol–water partition coefficient (Wildman–Crippen LogP) is 2.96. The van der Waals surface area contributed by atoms with Crippen LogP contribution in [-0.2, 0) is 0 Å². The van der Waals surface area contributed by atoms with Crippen molar-refractivity contribution in [2.75, 3.05) is 0 Å². The van der Waals surface area contributed by atoms with E-state index >= 15 is 0 Å². The van der Waals surface area contributed by atoms with Gasteiger partial charge in [-0.15, -0.1) is 0 Å². The molecule has 0 radical (unpaired) electrons. The Kier molecular flexibility index (Phi) is 1.99. The van der Waals surface area contributed by atoms with E-state index in [9.17, 15) is 8.78 Å². The summed E-state index contributed by atoms with van der Waals surface area (Å²) in [7, 11) is 0. The molecule has 1 saturated carbocycles. The van der Waals surface area contributed by atoms with Crippen molar-refractivity contribution >= 4 is 0 Å². The molecule has 72 valence electrons. The van der Waals surface area contributed by atoms with Crippen LogP contribution in [0.2, 0.25) is 0 Å². The highest BCUT2D eigenvalue weighted by Gasteiger charge is 2.38. The molecule has 0 aliphatic heterocycles. The molecule has 0 amide bonds. The van der Waals surface area contributed by atoms with E-state index in [0.29, 0.717) is 5.92 Å². The molecule has 0 aromatic heterocycles. The average Bonchev–Trinajstić information content (AvgIpc) is 2.81. The number of benzene rings is 1. The van der Waals surface area contributed by atoms with Crippen molar-refractivity contribution in [1.82, 2.24) is 0 Å². The molecular weight excluding hydrogens is 184 g/mol. The summed E-state index contributed by atoms with van der Waals surface area (Å²) in [4.78, 5) is 0. The van der Waals surface area contributed by atoms with Gasteiger partial charge in [-0.1, -0.05) is 6.92 Å². The molecule has 1 nitrogen and oxygen atoms in total. The second-order valence-corrected chi connectivity index (χ2v) is 3.78. The van der Waals surface area contributed by atoms with E-state index in [4.69, 9.17) is 5.26 Å². The summed E-state index contributed by atoms with van der Waals surface area (Å²) in [5.74, 6) is -0.818. The first-order valence-electron chi connectivity index (χ1n) is 4.52. The van der Waals surface area contributed by atoms with Gasteiger partial charge >= 0.3 is 0 Å². The summed E-state index contributed by atoms with van der Waals surface area (Å²) in [6, 6.07) is 3.93. The lowest BCUT2D eigenvalue weighted by Gasteiger charge is -2.03. The standard InChI is InChI=1S/C11H9F2N/c1-6-2-8(6)11-9(12)3-7(5-14)4-10(11)13/h3-4,6,8H,2H2,1H3/t6-,8-/m0/s1. The van der Waals surface area contributed by atoms with Crippen molar-refractivity contribution in [3.63, 3.8) is 0 Å². The fourth-order valence-electron chi connectivity index (χ4n) is 1.73. The van der Waals surface area contributed by atoms with Crippen LogP contribution >= 0.6 is 0 Å². The van der Waals surface area contributed by atoms with Crippen molar-refractivity contribution < 1.29 is 8.78 Å². The normalized spacial score (nSPS) is 24.4. The first-order valence-corrected chi connectivity index (χ1v) is 4.52. The quantitative estimate of drug-likeness (QED) is 0.672. The van der Waals surface area contributed by atoms with Crippen LogP contribution in [0.25, 0.3) is 0 Å². The van der Waals surface area contributed by atoms with Crippen molar-refractivity contribution in [2.45, 2.75) is 19.3 Å². The SMILES string of the molecule is C[C@H]1C[C@@H]1c1c(F)cc(C#N)cc1F. The molecule has 3 heteroatoms. The fourth-order valence-corrected chi connectivity index (χ4v) is 1.73. The van der Waals surface area contributed by atoms with Gasteiger partial charge in [-0.25, -0.2) is 8.78 Å². The highest BCUT2D eigenvalue weighted by molar-refractivity contribution is 5.37. The average molecular weight is 193 g/mol. The van der Waals surface area contributed by atoms with E-state index in [1.54, 1.807) is 6.07 Å². The Hall–Kier alpha value is -1.43. The summed E-state index contributed by atoms with van der Waals surface area (Å²) in [5, 5.41) is 8.50. The molecule has 1 aromatic carbocycles. The second-order valence-electron chi connectivity index (χ2n) is 3.78. The molecule has 0 saturated heterocycles. The minimum absolute atomic E-state index is 0.00254. The van der Waals surface area contributed by atoms with Crippen molar-refractivity contribution in [3.8, 4) is 6.07 Å². The van der Waals surface area contributed by atoms with E-state index in [0.717, 1.165) is 18.6 Å². The van der Waals surface area contributed by atoms with Crippen LogP contribution in [0.3, 0.4) is 0 Å². The maximum absolute atomic E-state index is 13.4. The summed E-state index contributed by atoms with van der Waals surface area (Å²) in [6.07, 6.45) is 0.833. The van der Waals surface area contributed by atoms with Crippen LogP contribution in [0.15, 0.2) is 12.1 Å². The van der Waals surface area contributed by atoms with Crippen LogP contribution in [0.4, 0.5) is 8.78 Å². The summed E-state index contributed by atoms with van der Waals surface area (Å²) >= 11 is 0. The van der Waals surface area contributed by atoms with Gasteiger partial charge in [-0.3, -0.25) is 0 Å². The van der Waals surface area contributed by atoms with Crippen molar-refractivity contribution in [3.05, 3.63) is 34.9 Å². The van der Waals surface area contributed by atoms with Gasteiger partial charge in [0.15, 0.2) is 0 Å². The molecule has 1 aliphatic rings. The van der Waals surface area contributed by atoms with E-state index < -0.39 is 11.6 Å². The summed E-state index contributed by atoms with van der Waals surface area (Å²) < 4.78 is 26.7. The van der Waals surface area contributed by atoms with Crippen LogP contribution in [0, 0.1) is 28.9 Å². The van der Waals surface area contributed by atoms with Crippen molar-refractivity contribution in [2.24, 2.45) is 5.92 Å². The Balaban J connectivity index is 2.47. The number of rotatable bonds is 1. The summed E-state index contributed by atoms with van der Waals surface area (Å²) in [5.41, 5.74) is 0.188. The summed E-state index contributed by atoms with van der Waals surface area (Å²) in [6.45, 7) is 1.96. The molecule has 1 fully saturated rings. The Morgan fingerprint density at radius 1 is 1.36 bits per heavy atom. The predicted molar refractivity (Wildman–Crippen MR) is 47.6 cm³/mol. The third-order valence-corrected chi connectivity index (χ3v) is 2.69. The van der Waals surface area contributed by atoms with Crippen LogP contribution in [0.1, 0.15) is 30.4 Å². The first-order chi connectivity index (χ1) is 6.63. The lowest BCUT2D eigenvalue weighted by atomic mass is 10.1. The minimum atomic E-state index is -0.587. The van der Waals surface area contributed by atoms with Gasteiger partial charge in [0.05, 0.1) is 11.6 Å². The number of halogens is 2. The maximum Gasteiger partial charge on any atom is 0.130 e. The first kappa shape index (κ1) is 9.14. The molecule has 0 spiro atoms. The molecular formula is C11H9F2N. The van der Waals surface area contributed by atoms with Gasteiger partial charge in [0.1, 0.15) is 11.6 Å². The van der Waals surface area contributed by atoms with E-state index in [1.807, 2.05) is 6.92 Å². The molecule has 0 bridgehead atoms. The zero-order valence-corrected chi connectivity index (χ0v) is 7.72. The Bertz CT molecular complexity index is 397. The largest absolute Gasteiger partial charge is 0.207 e. The zero-order chi connectivity index (χ0) is 10.3.